The number of esters is 1. The van der Waals surface area contributed by atoms with Gasteiger partial charge in [-0.25, -0.2) is 4.39 Å². The molecule has 0 amide bonds. The molecule has 0 unspecified atom stereocenters. The minimum atomic E-state index is -0.806. The molecule has 0 aliphatic heterocycles. The van der Waals surface area contributed by atoms with Crippen molar-refractivity contribution in [3.05, 3.63) is 28.0 Å². The first-order valence-electron chi connectivity index (χ1n) is 4.46. The number of ether oxygens (including phenoxy) is 1. The fourth-order valence-electron chi connectivity index (χ4n) is 1.24. The van der Waals surface area contributed by atoms with Gasteiger partial charge in [-0.1, -0.05) is 15.9 Å². The summed E-state index contributed by atoms with van der Waals surface area (Å²) in [5, 5.41) is 9.45. The van der Waals surface area contributed by atoms with E-state index in [1.54, 1.807) is 0 Å². The molecule has 88 valence electrons. The molecule has 0 bridgehead atoms. The lowest BCUT2D eigenvalue weighted by molar-refractivity contribution is -0.141. The molecule has 1 rings (SSSR count). The summed E-state index contributed by atoms with van der Waals surface area (Å²) < 4.78 is 18.0. The van der Waals surface area contributed by atoms with Crippen LogP contribution in [0.5, 0.6) is 5.75 Å². The average Bonchev–Trinajstić information content (AvgIpc) is 2.22. The zero-order valence-corrected chi connectivity index (χ0v) is 10.1. The molecule has 0 aliphatic carbocycles. The van der Waals surface area contributed by atoms with Crippen molar-refractivity contribution in [3.8, 4) is 5.75 Å². The van der Waals surface area contributed by atoms with Crippen molar-refractivity contribution in [3.63, 3.8) is 0 Å². The van der Waals surface area contributed by atoms with Crippen LogP contribution >= 0.6 is 15.9 Å². The second kappa shape index (κ2) is 5.27. The van der Waals surface area contributed by atoms with E-state index in [2.05, 4.69) is 20.7 Å². The molecule has 0 radical (unpaired) electrons. The highest BCUT2D eigenvalue weighted by atomic mass is 79.9. The minimum Gasteiger partial charge on any atom is -0.505 e. The van der Waals surface area contributed by atoms with Gasteiger partial charge in [0.1, 0.15) is 0 Å². The van der Waals surface area contributed by atoms with Crippen LogP contribution in [-0.4, -0.2) is 18.2 Å². The van der Waals surface area contributed by atoms with Crippen LogP contribution in [-0.2, 0) is 9.53 Å². The van der Waals surface area contributed by atoms with Gasteiger partial charge in [-0.15, -0.1) is 0 Å². The van der Waals surface area contributed by atoms with Gasteiger partial charge in [-0.2, -0.15) is 0 Å². The van der Waals surface area contributed by atoms with Gasteiger partial charge in [0.15, 0.2) is 11.6 Å². The highest BCUT2D eigenvalue weighted by molar-refractivity contribution is 9.10. The predicted octanol–water partition coefficient (Wildman–Crippen LogP) is 1.86. The first kappa shape index (κ1) is 12.9. The number of hydrogen-bond acceptors (Lipinski definition) is 4. The van der Waals surface area contributed by atoms with Crippen molar-refractivity contribution in [2.24, 2.45) is 5.73 Å². The van der Waals surface area contributed by atoms with E-state index < -0.39 is 23.6 Å². The van der Waals surface area contributed by atoms with Gasteiger partial charge in [-0.3, -0.25) is 4.79 Å². The molecule has 4 nitrogen and oxygen atoms in total. The third-order valence-electron chi connectivity index (χ3n) is 2.07. The molecule has 6 heteroatoms. The molecule has 0 fully saturated rings. The molecule has 0 saturated carbocycles. The second-order valence-electron chi connectivity index (χ2n) is 3.21. The van der Waals surface area contributed by atoms with Crippen molar-refractivity contribution in [1.29, 1.82) is 0 Å². The average molecular weight is 292 g/mol. The van der Waals surface area contributed by atoms with Crippen LogP contribution in [0.3, 0.4) is 0 Å². The van der Waals surface area contributed by atoms with E-state index in [4.69, 9.17) is 5.73 Å². The number of rotatable bonds is 3. The van der Waals surface area contributed by atoms with E-state index in [-0.39, 0.29) is 12.0 Å². The monoisotopic (exact) mass is 291 g/mol. The summed E-state index contributed by atoms with van der Waals surface area (Å²) in [4.78, 5) is 11.0. The Morgan fingerprint density at radius 3 is 2.88 bits per heavy atom. The summed E-state index contributed by atoms with van der Waals surface area (Å²) in [5.74, 6) is -1.85. The van der Waals surface area contributed by atoms with Crippen LogP contribution in [0, 0.1) is 5.82 Å². The quantitative estimate of drug-likeness (QED) is 0.834. The Morgan fingerprint density at radius 1 is 1.69 bits per heavy atom. The van der Waals surface area contributed by atoms with Crippen LogP contribution in [0.1, 0.15) is 18.0 Å². The molecule has 0 heterocycles. The Morgan fingerprint density at radius 2 is 2.31 bits per heavy atom. The molecular formula is C10H11BrFNO3. The largest absolute Gasteiger partial charge is 0.505 e. The summed E-state index contributed by atoms with van der Waals surface area (Å²) in [6.45, 7) is 0. The molecule has 1 aromatic carbocycles. The van der Waals surface area contributed by atoms with E-state index in [0.29, 0.717) is 4.47 Å². The number of aromatic hydroxyl groups is 1. The van der Waals surface area contributed by atoms with Crippen molar-refractivity contribution >= 4 is 21.9 Å². The first-order chi connectivity index (χ1) is 7.45. The molecule has 3 N–H and O–H groups in total. The number of nitrogens with two attached hydrogens (primary N) is 1. The molecule has 1 aromatic rings. The van der Waals surface area contributed by atoms with Crippen LogP contribution in [0.15, 0.2) is 16.6 Å². The van der Waals surface area contributed by atoms with Gasteiger partial charge in [0.05, 0.1) is 13.5 Å². The van der Waals surface area contributed by atoms with Gasteiger partial charge in [0.2, 0.25) is 0 Å². The Bertz CT molecular complexity index is 411. The number of halogens is 2. The standard InChI is InChI=1S/C10H11BrFNO3/c1-16-9(14)4-8(13)6-2-5(11)3-7(12)10(6)15/h2-3,8,15H,4,13H2,1H3/t8-/m1/s1. The van der Waals surface area contributed by atoms with Crippen LogP contribution in [0.2, 0.25) is 0 Å². The Balaban J connectivity index is 2.99. The van der Waals surface area contributed by atoms with Crippen LogP contribution in [0.4, 0.5) is 4.39 Å². The number of phenolic OH excluding ortho intramolecular Hbond substituents is 1. The second-order valence-corrected chi connectivity index (χ2v) is 4.13. The number of carbonyl (C=O) groups is 1. The number of carbonyl (C=O) groups excluding carboxylic acids is 1. The fourth-order valence-corrected chi connectivity index (χ4v) is 1.69. The predicted molar refractivity (Wildman–Crippen MR) is 59.3 cm³/mol. The normalized spacial score (nSPS) is 12.2. The zero-order chi connectivity index (χ0) is 12.3. The van der Waals surface area contributed by atoms with Gasteiger partial charge >= 0.3 is 5.97 Å². The maximum Gasteiger partial charge on any atom is 0.307 e. The zero-order valence-electron chi connectivity index (χ0n) is 8.54. The highest BCUT2D eigenvalue weighted by Crippen LogP contribution is 2.31. The number of benzene rings is 1. The van der Waals surface area contributed by atoms with E-state index in [0.717, 1.165) is 6.07 Å². The summed E-state index contributed by atoms with van der Waals surface area (Å²) >= 11 is 3.08. The fraction of sp³-hybridized carbons (Fsp3) is 0.300. The number of methoxy groups -OCH3 is 1. The summed E-state index contributed by atoms with van der Waals surface area (Å²) in [5.41, 5.74) is 5.83. The molecular weight excluding hydrogens is 281 g/mol. The minimum absolute atomic E-state index is 0.125. The molecule has 0 saturated heterocycles. The summed E-state index contributed by atoms with van der Waals surface area (Å²) in [6.07, 6.45) is -0.125. The maximum absolute atomic E-state index is 13.2. The molecule has 0 aromatic heterocycles. The SMILES string of the molecule is COC(=O)C[C@@H](N)c1cc(Br)cc(F)c1O. The van der Waals surface area contributed by atoms with Crippen molar-refractivity contribution < 1.29 is 19.0 Å². The Kier molecular flexibility index (Phi) is 4.26. The van der Waals surface area contributed by atoms with Crippen LogP contribution in [0.25, 0.3) is 0 Å². The topological polar surface area (TPSA) is 72.5 Å². The van der Waals surface area contributed by atoms with Gasteiger partial charge in [-0.05, 0) is 12.1 Å². The Labute approximate surface area is 100 Å². The maximum atomic E-state index is 13.2. The molecule has 0 aliphatic rings. The van der Waals surface area contributed by atoms with E-state index >= 15 is 0 Å². The lowest BCUT2D eigenvalue weighted by Gasteiger charge is -2.13. The van der Waals surface area contributed by atoms with Gasteiger partial charge in [0.25, 0.3) is 0 Å². The summed E-state index contributed by atoms with van der Waals surface area (Å²) in [6, 6.07) is 1.77. The van der Waals surface area contributed by atoms with Crippen molar-refractivity contribution in [2.75, 3.05) is 7.11 Å². The van der Waals surface area contributed by atoms with E-state index in [9.17, 15) is 14.3 Å². The molecule has 16 heavy (non-hydrogen) atoms. The smallest absolute Gasteiger partial charge is 0.307 e. The van der Waals surface area contributed by atoms with E-state index in [1.807, 2.05) is 0 Å². The van der Waals surface area contributed by atoms with E-state index in [1.165, 1.54) is 13.2 Å². The van der Waals surface area contributed by atoms with Crippen molar-refractivity contribution in [1.82, 2.24) is 0 Å². The third kappa shape index (κ3) is 2.93. The third-order valence-corrected chi connectivity index (χ3v) is 2.53. The van der Waals surface area contributed by atoms with Gasteiger partial charge in [0, 0.05) is 16.1 Å². The highest BCUT2D eigenvalue weighted by Gasteiger charge is 2.18. The first-order valence-corrected chi connectivity index (χ1v) is 5.25. The number of hydrogen-bond donors (Lipinski definition) is 2. The Hall–Kier alpha value is -1.14. The molecule has 1 atom stereocenters. The lowest BCUT2D eigenvalue weighted by Crippen LogP contribution is -2.16. The van der Waals surface area contributed by atoms with Crippen LogP contribution < -0.4 is 5.73 Å². The number of phenols is 1. The lowest BCUT2D eigenvalue weighted by atomic mass is 10.0. The summed E-state index contributed by atoms with van der Waals surface area (Å²) in [7, 11) is 1.23. The van der Waals surface area contributed by atoms with Crippen molar-refractivity contribution in [2.45, 2.75) is 12.5 Å². The van der Waals surface area contributed by atoms with Gasteiger partial charge < -0.3 is 15.6 Å². The molecule has 0 spiro atoms.